The third-order valence-electron chi connectivity index (χ3n) is 2.78. The molecule has 2 nitrogen and oxygen atoms in total. The van der Waals surface area contributed by atoms with Gasteiger partial charge in [0, 0.05) is 0 Å². The zero-order valence-corrected chi connectivity index (χ0v) is 8.10. The van der Waals surface area contributed by atoms with Crippen molar-refractivity contribution in [2.45, 2.75) is 51.0 Å². The van der Waals surface area contributed by atoms with Crippen molar-refractivity contribution < 1.29 is 5.11 Å². The Balaban J connectivity index is 2.17. The van der Waals surface area contributed by atoms with E-state index < -0.39 is 0 Å². The molecule has 0 radical (unpaired) electrons. The topological polar surface area (TPSA) is 32.3 Å². The van der Waals surface area contributed by atoms with Gasteiger partial charge in [0.1, 0.15) is 0 Å². The van der Waals surface area contributed by atoms with E-state index in [0.29, 0.717) is 0 Å². The maximum Gasteiger partial charge on any atom is 0.0672 e. The highest BCUT2D eigenvalue weighted by Crippen LogP contribution is 2.24. The van der Waals surface area contributed by atoms with E-state index in [-0.39, 0.29) is 5.60 Å². The number of unbranched alkanes of at least 4 members (excludes halogenated alkanes) is 2. The molecule has 2 N–H and O–H groups in total. The highest BCUT2D eigenvalue weighted by atomic mass is 16.3. The SMILES string of the molecule is CCCCCC1(O)CCNCC1. The van der Waals surface area contributed by atoms with Gasteiger partial charge in [0.2, 0.25) is 0 Å². The number of nitrogens with one attached hydrogen (secondary N) is 1. The van der Waals surface area contributed by atoms with Crippen molar-refractivity contribution in [3.05, 3.63) is 0 Å². The van der Waals surface area contributed by atoms with Gasteiger partial charge in [0.15, 0.2) is 0 Å². The second-order valence-electron chi connectivity index (χ2n) is 3.93. The average molecular weight is 171 g/mol. The van der Waals surface area contributed by atoms with E-state index >= 15 is 0 Å². The van der Waals surface area contributed by atoms with Crippen LogP contribution in [0.2, 0.25) is 0 Å². The molecular formula is C10H21NO. The van der Waals surface area contributed by atoms with E-state index in [1.807, 2.05) is 0 Å². The predicted molar refractivity (Wildman–Crippen MR) is 51.2 cm³/mol. The van der Waals surface area contributed by atoms with Gasteiger partial charge in [0.05, 0.1) is 5.60 Å². The Bertz CT molecular complexity index is 119. The fraction of sp³-hybridized carbons (Fsp3) is 1.00. The summed E-state index contributed by atoms with van der Waals surface area (Å²) in [6.07, 6.45) is 6.58. The van der Waals surface area contributed by atoms with Crippen molar-refractivity contribution in [1.29, 1.82) is 0 Å². The van der Waals surface area contributed by atoms with Gasteiger partial charge in [-0.05, 0) is 32.4 Å². The number of hydrogen-bond donors (Lipinski definition) is 2. The van der Waals surface area contributed by atoms with Crippen LogP contribution in [0.15, 0.2) is 0 Å². The summed E-state index contributed by atoms with van der Waals surface area (Å²) < 4.78 is 0. The fourth-order valence-electron chi connectivity index (χ4n) is 1.85. The smallest absolute Gasteiger partial charge is 0.0672 e. The Morgan fingerprint density at radius 3 is 2.50 bits per heavy atom. The van der Waals surface area contributed by atoms with Crippen LogP contribution >= 0.6 is 0 Å². The van der Waals surface area contributed by atoms with Crippen molar-refractivity contribution in [3.8, 4) is 0 Å². The van der Waals surface area contributed by atoms with E-state index in [1.165, 1.54) is 19.3 Å². The summed E-state index contributed by atoms with van der Waals surface area (Å²) in [4.78, 5) is 0. The molecule has 0 aliphatic carbocycles. The molecule has 0 aromatic carbocycles. The monoisotopic (exact) mass is 171 g/mol. The molecule has 0 aromatic heterocycles. The van der Waals surface area contributed by atoms with Crippen molar-refractivity contribution in [1.82, 2.24) is 5.32 Å². The first-order chi connectivity index (χ1) is 5.77. The summed E-state index contributed by atoms with van der Waals surface area (Å²) in [6, 6.07) is 0. The van der Waals surface area contributed by atoms with Gasteiger partial charge in [-0.15, -0.1) is 0 Å². The summed E-state index contributed by atoms with van der Waals surface area (Å²) >= 11 is 0. The third-order valence-corrected chi connectivity index (χ3v) is 2.78. The van der Waals surface area contributed by atoms with Crippen molar-refractivity contribution in [2.24, 2.45) is 0 Å². The molecule has 1 fully saturated rings. The summed E-state index contributed by atoms with van der Waals surface area (Å²) in [5.74, 6) is 0. The van der Waals surface area contributed by atoms with Crippen molar-refractivity contribution in [2.75, 3.05) is 13.1 Å². The van der Waals surface area contributed by atoms with Gasteiger partial charge in [-0.25, -0.2) is 0 Å². The first-order valence-corrected chi connectivity index (χ1v) is 5.20. The molecule has 0 atom stereocenters. The van der Waals surface area contributed by atoms with Crippen LogP contribution in [0.1, 0.15) is 45.4 Å². The molecule has 0 saturated carbocycles. The molecule has 1 heterocycles. The van der Waals surface area contributed by atoms with Gasteiger partial charge in [-0.1, -0.05) is 26.2 Å². The summed E-state index contributed by atoms with van der Waals surface area (Å²) in [5, 5.41) is 13.3. The number of hydrogen-bond acceptors (Lipinski definition) is 2. The second kappa shape index (κ2) is 4.83. The average Bonchev–Trinajstić information content (AvgIpc) is 2.06. The van der Waals surface area contributed by atoms with E-state index in [9.17, 15) is 5.11 Å². The fourth-order valence-corrected chi connectivity index (χ4v) is 1.85. The second-order valence-corrected chi connectivity index (χ2v) is 3.93. The Morgan fingerprint density at radius 1 is 1.25 bits per heavy atom. The van der Waals surface area contributed by atoms with E-state index in [1.54, 1.807) is 0 Å². The molecule has 1 aliphatic heterocycles. The standard InChI is InChI=1S/C10H21NO/c1-2-3-4-5-10(12)6-8-11-9-7-10/h11-12H,2-9H2,1H3. The van der Waals surface area contributed by atoms with Crippen molar-refractivity contribution >= 4 is 0 Å². The highest BCUT2D eigenvalue weighted by Gasteiger charge is 2.27. The molecule has 1 saturated heterocycles. The Kier molecular flexibility index (Phi) is 4.02. The van der Waals surface area contributed by atoms with Gasteiger partial charge in [0.25, 0.3) is 0 Å². The van der Waals surface area contributed by atoms with Gasteiger partial charge < -0.3 is 10.4 Å². The van der Waals surface area contributed by atoms with Crippen LogP contribution in [0.5, 0.6) is 0 Å². The molecule has 1 rings (SSSR count). The van der Waals surface area contributed by atoms with E-state index in [2.05, 4.69) is 12.2 Å². The third kappa shape index (κ3) is 3.11. The highest BCUT2D eigenvalue weighted by molar-refractivity contribution is 4.83. The van der Waals surface area contributed by atoms with Gasteiger partial charge in [-0.2, -0.15) is 0 Å². The Hall–Kier alpha value is -0.0800. The Labute approximate surface area is 75.4 Å². The first kappa shape index (κ1) is 10.0. The summed E-state index contributed by atoms with van der Waals surface area (Å²) in [6.45, 7) is 4.18. The lowest BCUT2D eigenvalue weighted by Gasteiger charge is -2.32. The van der Waals surface area contributed by atoms with Crippen LogP contribution in [0.4, 0.5) is 0 Å². The molecule has 2 heteroatoms. The number of piperidine rings is 1. The van der Waals surface area contributed by atoms with Crippen LogP contribution < -0.4 is 5.32 Å². The molecule has 72 valence electrons. The minimum absolute atomic E-state index is 0.333. The minimum Gasteiger partial charge on any atom is -0.390 e. The lowest BCUT2D eigenvalue weighted by molar-refractivity contribution is 0.000391. The minimum atomic E-state index is -0.333. The molecule has 0 amide bonds. The molecular weight excluding hydrogens is 150 g/mol. The van der Waals surface area contributed by atoms with Crippen LogP contribution in [-0.2, 0) is 0 Å². The molecule has 0 bridgehead atoms. The lowest BCUT2D eigenvalue weighted by Crippen LogP contribution is -2.41. The largest absolute Gasteiger partial charge is 0.390 e. The van der Waals surface area contributed by atoms with Gasteiger partial charge in [-0.3, -0.25) is 0 Å². The molecule has 0 spiro atoms. The van der Waals surface area contributed by atoms with Crippen LogP contribution in [0, 0.1) is 0 Å². The first-order valence-electron chi connectivity index (χ1n) is 5.20. The zero-order chi connectivity index (χ0) is 8.86. The van der Waals surface area contributed by atoms with E-state index in [4.69, 9.17) is 0 Å². The summed E-state index contributed by atoms with van der Waals surface area (Å²) in [7, 11) is 0. The molecule has 1 aliphatic rings. The number of aliphatic hydroxyl groups is 1. The van der Waals surface area contributed by atoms with Crippen LogP contribution in [0.25, 0.3) is 0 Å². The molecule has 0 unspecified atom stereocenters. The molecule has 0 aromatic rings. The quantitative estimate of drug-likeness (QED) is 0.631. The van der Waals surface area contributed by atoms with Gasteiger partial charge >= 0.3 is 0 Å². The normalized spacial score (nSPS) is 22.5. The van der Waals surface area contributed by atoms with Crippen LogP contribution in [0.3, 0.4) is 0 Å². The maximum atomic E-state index is 10.1. The van der Waals surface area contributed by atoms with Crippen LogP contribution in [-0.4, -0.2) is 23.8 Å². The van der Waals surface area contributed by atoms with E-state index in [0.717, 1.165) is 32.4 Å². The Morgan fingerprint density at radius 2 is 1.92 bits per heavy atom. The number of rotatable bonds is 4. The lowest BCUT2D eigenvalue weighted by atomic mass is 9.87. The summed E-state index contributed by atoms with van der Waals surface area (Å²) in [5.41, 5.74) is -0.333. The predicted octanol–water partition coefficient (Wildman–Crippen LogP) is 1.68. The maximum absolute atomic E-state index is 10.1. The zero-order valence-electron chi connectivity index (χ0n) is 8.10. The van der Waals surface area contributed by atoms with Crippen molar-refractivity contribution in [3.63, 3.8) is 0 Å². The molecule has 12 heavy (non-hydrogen) atoms.